The van der Waals surface area contributed by atoms with Crippen LogP contribution in [0, 0.1) is 0 Å². The first-order chi connectivity index (χ1) is 15.5. The van der Waals surface area contributed by atoms with E-state index in [0.29, 0.717) is 23.4 Å². The van der Waals surface area contributed by atoms with Crippen LogP contribution in [0.15, 0.2) is 84.9 Å². The van der Waals surface area contributed by atoms with Crippen molar-refractivity contribution in [2.75, 3.05) is 11.9 Å². The molecular weight excluding hydrogens is 406 g/mol. The van der Waals surface area contributed by atoms with Crippen LogP contribution >= 0.6 is 0 Å². The molecule has 0 radical (unpaired) electrons. The van der Waals surface area contributed by atoms with Crippen LogP contribution in [0.4, 0.5) is 5.69 Å². The molecule has 164 valence electrons. The molecule has 4 N–H and O–H groups in total. The Morgan fingerprint density at radius 2 is 1.47 bits per heavy atom. The number of carbonyl (C=O) groups is 3. The molecule has 0 aromatic heterocycles. The van der Waals surface area contributed by atoms with Gasteiger partial charge in [-0.3, -0.25) is 14.4 Å². The maximum absolute atomic E-state index is 13.0. The second-order valence-electron chi connectivity index (χ2n) is 7.16. The van der Waals surface area contributed by atoms with Crippen LogP contribution in [0.1, 0.15) is 22.3 Å². The minimum absolute atomic E-state index is 0.126. The lowest BCUT2D eigenvalue weighted by Crippen LogP contribution is -2.45. The van der Waals surface area contributed by atoms with Crippen molar-refractivity contribution in [1.29, 1.82) is 0 Å². The molecular formula is C25H25N3O4. The van der Waals surface area contributed by atoms with Gasteiger partial charge in [-0.1, -0.05) is 48.5 Å². The first-order valence-electron chi connectivity index (χ1n) is 10.2. The predicted molar refractivity (Wildman–Crippen MR) is 122 cm³/mol. The maximum Gasteiger partial charge on any atom is 0.251 e. The minimum atomic E-state index is -0.767. The Morgan fingerprint density at radius 1 is 0.844 bits per heavy atom. The summed E-state index contributed by atoms with van der Waals surface area (Å²) in [6, 6.07) is 24.2. The number of anilines is 1. The highest BCUT2D eigenvalue weighted by atomic mass is 16.5. The van der Waals surface area contributed by atoms with Gasteiger partial charge in [-0.05, 0) is 42.0 Å². The van der Waals surface area contributed by atoms with E-state index < -0.39 is 11.9 Å². The Kier molecular flexibility index (Phi) is 7.97. The van der Waals surface area contributed by atoms with Crippen molar-refractivity contribution in [2.45, 2.75) is 18.9 Å². The number of primary amides is 1. The van der Waals surface area contributed by atoms with Gasteiger partial charge in [0.1, 0.15) is 11.8 Å². The molecule has 0 fully saturated rings. The molecule has 0 aliphatic heterocycles. The van der Waals surface area contributed by atoms with E-state index in [4.69, 9.17) is 10.5 Å². The van der Waals surface area contributed by atoms with Gasteiger partial charge >= 0.3 is 0 Å². The Labute approximate surface area is 186 Å². The van der Waals surface area contributed by atoms with E-state index in [0.717, 1.165) is 5.56 Å². The highest BCUT2D eigenvalue weighted by Gasteiger charge is 2.22. The zero-order valence-corrected chi connectivity index (χ0v) is 17.5. The molecule has 0 aliphatic carbocycles. The SMILES string of the molecule is NC(=O)CCOc1ccc(NC(=O)C(Cc2ccccc2)NC(=O)c2ccccc2)cc1. The van der Waals surface area contributed by atoms with Crippen molar-refractivity contribution in [3.8, 4) is 5.75 Å². The van der Waals surface area contributed by atoms with Crippen molar-refractivity contribution in [3.05, 3.63) is 96.1 Å². The molecule has 3 amide bonds. The Hall–Kier alpha value is -4.13. The van der Waals surface area contributed by atoms with Crippen molar-refractivity contribution in [2.24, 2.45) is 5.73 Å². The summed E-state index contributed by atoms with van der Waals surface area (Å²) in [5.41, 5.74) is 7.07. The summed E-state index contributed by atoms with van der Waals surface area (Å²) in [7, 11) is 0. The third-order valence-corrected chi connectivity index (χ3v) is 4.68. The van der Waals surface area contributed by atoms with Crippen LogP contribution in [-0.4, -0.2) is 30.4 Å². The van der Waals surface area contributed by atoms with Gasteiger partial charge in [0.2, 0.25) is 11.8 Å². The molecule has 0 saturated carbocycles. The lowest BCUT2D eigenvalue weighted by molar-refractivity contribution is -0.119. The van der Waals surface area contributed by atoms with E-state index in [-0.39, 0.29) is 24.8 Å². The second kappa shape index (κ2) is 11.3. The van der Waals surface area contributed by atoms with E-state index in [2.05, 4.69) is 10.6 Å². The first kappa shape index (κ1) is 22.6. The third kappa shape index (κ3) is 6.98. The monoisotopic (exact) mass is 431 g/mol. The van der Waals surface area contributed by atoms with E-state index in [9.17, 15) is 14.4 Å². The molecule has 1 atom stereocenters. The highest BCUT2D eigenvalue weighted by molar-refractivity contribution is 6.01. The van der Waals surface area contributed by atoms with Crippen LogP contribution < -0.4 is 21.1 Å². The maximum atomic E-state index is 13.0. The number of hydrogen-bond acceptors (Lipinski definition) is 4. The number of benzene rings is 3. The highest BCUT2D eigenvalue weighted by Crippen LogP contribution is 2.17. The van der Waals surface area contributed by atoms with Crippen molar-refractivity contribution < 1.29 is 19.1 Å². The minimum Gasteiger partial charge on any atom is -0.493 e. The van der Waals surface area contributed by atoms with Crippen LogP contribution in [0.3, 0.4) is 0 Å². The quantitative estimate of drug-likeness (QED) is 0.458. The zero-order chi connectivity index (χ0) is 22.8. The summed E-state index contributed by atoms with van der Waals surface area (Å²) in [6.45, 7) is 0.186. The van der Waals surface area contributed by atoms with Gasteiger partial charge in [0.05, 0.1) is 13.0 Å². The summed E-state index contributed by atoms with van der Waals surface area (Å²) in [5.74, 6) is -0.529. The van der Waals surface area contributed by atoms with Gasteiger partial charge in [0.15, 0.2) is 0 Å². The summed E-state index contributed by atoms with van der Waals surface area (Å²) in [4.78, 5) is 36.5. The molecule has 7 nitrogen and oxygen atoms in total. The van der Waals surface area contributed by atoms with Gasteiger partial charge in [-0.2, -0.15) is 0 Å². The van der Waals surface area contributed by atoms with Gasteiger partial charge in [0, 0.05) is 17.7 Å². The number of amides is 3. The number of rotatable bonds is 10. The fourth-order valence-corrected chi connectivity index (χ4v) is 3.02. The van der Waals surface area contributed by atoms with Gasteiger partial charge < -0.3 is 21.1 Å². The largest absolute Gasteiger partial charge is 0.493 e. The average molecular weight is 431 g/mol. The average Bonchev–Trinajstić information content (AvgIpc) is 2.81. The van der Waals surface area contributed by atoms with Crippen molar-refractivity contribution in [3.63, 3.8) is 0 Å². The van der Waals surface area contributed by atoms with Gasteiger partial charge in [-0.25, -0.2) is 0 Å². The van der Waals surface area contributed by atoms with E-state index in [1.54, 1.807) is 48.5 Å². The number of ether oxygens (including phenoxy) is 1. The fourth-order valence-electron chi connectivity index (χ4n) is 3.02. The van der Waals surface area contributed by atoms with E-state index in [1.165, 1.54) is 0 Å². The summed E-state index contributed by atoms with van der Waals surface area (Å²) < 4.78 is 5.43. The molecule has 1 unspecified atom stereocenters. The topological polar surface area (TPSA) is 111 Å². The van der Waals surface area contributed by atoms with Gasteiger partial charge in [0.25, 0.3) is 5.91 Å². The number of nitrogens with two attached hydrogens (primary N) is 1. The normalized spacial score (nSPS) is 11.2. The van der Waals surface area contributed by atoms with Crippen molar-refractivity contribution >= 4 is 23.4 Å². The molecule has 0 saturated heterocycles. The molecule has 32 heavy (non-hydrogen) atoms. The van der Waals surface area contributed by atoms with Crippen LogP contribution in [0.2, 0.25) is 0 Å². The molecule has 0 aliphatic rings. The van der Waals surface area contributed by atoms with E-state index >= 15 is 0 Å². The standard InChI is InChI=1S/C25H25N3O4/c26-23(29)15-16-32-21-13-11-20(12-14-21)27-25(31)22(17-18-7-3-1-4-8-18)28-24(30)19-9-5-2-6-10-19/h1-14,22H,15-17H2,(H2,26,29)(H,27,31)(H,28,30). The number of carbonyl (C=O) groups excluding carboxylic acids is 3. The summed E-state index contributed by atoms with van der Waals surface area (Å²) in [5, 5.41) is 5.67. The first-order valence-corrected chi connectivity index (χ1v) is 10.2. The zero-order valence-electron chi connectivity index (χ0n) is 17.5. The molecule has 0 spiro atoms. The molecule has 3 aromatic rings. The van der Waals surface area contributed by atoms with Crippen LogP contribution in [-0.2, 0) is 16.0 Å². The molecule has 7 heteroatoms. The second-order valence-corrected chi connectivity index (χ2v) is 7.16. The Morgan fingerprint density at radius 3 is 2.09 bits per heavy atom. The Balaban J connectivity index is 1.67. The lowest BCUT2D eigenvalue weighted by Gasteiger charge is -2.19. The molecule has 3 rings (SSSR count). The summed E-state index contributed by atoms with van der Waals surface area (Å²) >= 11 is 0. The molecule has 0 heterocycles. The van der Waals surface area contributed by atoms with Crippen molar-refractivity contribution in [1.82, 2.24) is 5.32 Å². The third-order valence-electron chi connectivity index (χ3n) is 4.68. The fraction of sp³-hybridized carbons (Fsp3) is 0.160. The molecule has 0 bridgehead atoms. The lowest BCUT2D eigenvalue weighted by atomic mass is 10.0. The van der Waals surface area contributed by atoms with E-state index in [1.807, 2.05) is 36.4 Å². The van der Waals surface area contributed by atoms with Gasteiger partial charge in [-0.15, -0.1) is 0 Å². The number of nitrogens with one attached hydrogen (secondary N) is 2. The summed E-state index contributed by atoms with van der Waals surface area (Å²) in [6.07, 6.45) is 0.473. The smallest absolute Gasteiger partial charge is 0.251 e. The molecule has 3 aromatic carbocycles. The number of hydrogen-bond donors (Lipinski definition) is 3. The Bertz CT molecular complexity index is 1040. The van der Waals surface area contributed by atoms with Crippen LogP contribution in [0.25, 0.3) is 0 Å². The predicted octanol–water partition coefficient (Wildman–Crippen LogP) is 2.92. The van der Waals surface area contributed by atoms with Crippen LogP contribution in [0.5, 0.6) is 5.75 Å².